The minimum Gasteiger partial charge on any atom is -0.472 e. The molecule has 0 amide bonds. The number of likely N-dealkylation sites (tertiary alicyclic amines) is 1. The van der Waals surface area contributed by atoms with Gasteiger partial charge in [-0.05, 0) is 69.5 Å². The Bertz CT molecular complexity index is 1750. The van der Waals surface area contributed by atoms with Gasteiger partial charge in [0.05, 0.1) is 19.2 Å². The van der Waals surface area contributed by atoms with Gasteiger partial charge in [0.25, 0.3) is 0 Å². The quantitative estimate of drug-likeness (QED) is 0.237. The van der Waals surface area contributed by atoms with Gasteiger partial charge in [-0.1, -0.05) is 23.7 Å². The lowest BCUT2D eigenvalue weighted by molar-refractivity contribution is -0.0593. The number of aromatic nitrogens is 7. The van der Waals surface area contributed by atoms with E-state index in [-0.39, 0.29) is 18.5 Å². The summed E-state index contributed by atoms with van der Waals surface area (Å²) in [6, 6.07) is 10.6. The first-order valence-corrected chi connectivity index (χ1v) is 15.0. The number of pyridine rings is 2. The molecule has 222 valence electrons. The third-order valence-corrected chi connectivity index (χ3v) is 8.52. The van der Waals surface area contributed by atoms with Crippen molar-refractivity contribution in [2.24, 2.45) is 0 Å². The molecule has 1 aromatic carbocycles. The van der Waals surface area contributed by atoms with Gasteiger partial charge in [0.2, 0.25) is 5.88 Å². The zero-order valence-corrected chi connectivity index (χ0v) is 24.6. The molecule has 0 radical (unpaired) electrons. The maximum atomic E-state index is 14.3. The van der Waals surface area contributed by atoms with Crippen molar-refractivity contribution in [1.29, 1.82) is 0 Å². The number of nitrogens with one attached hydrogen (secondary N) is 1. The Morgan fingerprint density at radius 1 is 1.12 bits per heavy atom. The second-order valence-electron chi connectivity index (χ2n) is 11.2. The smallest absolute Gasteiger partial charge is 0.217 e. The molecule has 6 heterocycles. The molecule has 0 bridgehead atoms. The van der Waals surface area contributed by atoms with Gasteiger partial charge in [-0.2, -0.15) is 0 Å². The van der Waals surface area contributed by atoms with Gasteiger partial charge in [0.1, 0.15) is 29.6 Å². The number of aryl methyl sites for hydroxylation is 1. The molecule has 43 heavy (non-hydrogen) atoms. The van der Waals surface area contributed by atoms with Crippen LogP contribution in [0.25, 0.3) is 22.6 Å². The van der Waals surface area contributed by atoms with Crippen molar-refractivity contribution in [1.82, 2.24) is 39.6 Å². The zero-order chi connectivity index (χ0) is 29.3. The van der Waals surface area contributed by atoms with Crippen molar-refractivity contribution in [2.45, 2.75) is 57.9 Å². The van der Waals surface area contributed by atoms with E-state index in [0.717, 1.165) is 86.0 Å². The summed E-state index contributed by atoms with van der Waals surface area (Å²) in [5.74, 6) is 2.90. The highest BCUT2D eigenvalue weighted by molar-refractivity contribution is 6.30. The van der Waals surface area contributed by atoms with E-state index in [1.54, 1.807) is 18.3 Å². The van der Waals surface area contributed by atoms with Gasteiger partial charge < -0.3 is 19.0 Å². The number of fused-ring (bicyclic) bond motifs is 1. The van der Waals surface area contributed by atoms with Crippen LogP contribution in [0.2, 0.25) is 5.02 Å². The molecule has 5 aromatic rings. The van der Waals surface area contributed by atoms with E-state index in [1.165, 1.54) is 6.07 Å². The van der Waals surface area contributed by atoms with Crippen molar-refractivity contribution >= 4 is 22.8 Å². The molecule has 2 aliphatic rings. The number of H-pyrrole nitrogens is 1. The fourth-order valence-corrected chi connectivity index (χ4v) is 5.99. The van der Waals surface area contributed by atoms with E-state index in [9.17, 15) is 4.39 Å². The fourth-order valence-electron chi connectivity index (χ4n) is 5.83. The van der Waals surface area contributed by atoms with Gasteiger partial charge >= 0.3 is 0 Å². The third kappa shape index (κ3) is 5.97. The van der Waals surface area contributed by atoms with Crippen LogP contribution in [0.1, 0.15) is 48.0 Å². The molecule has 0 unspecified atom stereocenters. The van der Waals surface area contributed by atoms with Crippen LogP contribution in [0.5, 0.6) is 5.88 Å². The average molecular weight is 603 g/mol. The molecule has 1 N–H and O–H groups in total. The van der Waals surface area contributed by atoms with Crippen LogP contribution >= 0.6 is 11.6 Å². The highest BCUT2D eigenvalue weighted by atomic mass is 35.5. The molecule has 4 aromatic heterocycles. The summed E-state index contributed by atoms with van der Waals surface area (Å²) in [5, 5.41) is 8.66. The fraction of sp³-hybridized carbons (Fsp3) is 0.387. The second kappa shape index (κ2) is 12.0. The number of ether oxygens (including phenoxy) is 2. The summed E-state index contributed by atoms with van der Waals surface area (Å²) >= 11 is 5.90. The van der Waals surface area contributed by atoms with Crippen molar-refractivity contribution in [2.75, 3.05) is 19.7 Å². The number of nitrogens with zero attached hydrogens (tertiary/aromatic N) is 7. The predicted octanol–water partition coefficient (Wildman–Crippen LogP) is 5.46. The first-order chi connectivity index (χ1) is 21.0. The van der Waals surface area contributed by atoms with Gasteiger partial charge in [0.15, 0.2) is 11.5 Å². The molecule has 12 heteroatoms. The van der Waals surface area contributed by atoms with Crippen LogP contribution in [0.4, 0.5) is 4.39 Å². The lowest BCUT2D eigenvalue weighted by Gasteiger charge is -2.33. The van der Waals surface area contributed by atoms with Crippen LogP contribution in [-0.2, 0) is 24.4 Å². The third-order valence-electron chi connectivity index (χ3n) is 8.29. The Hall–Kier alpha value is -3.93. The minimum atomic E-state index is -0.382. The molecule has 0 spiro atoms. The van der Waals surface area contributed by atoms with Crippen molar-refractivity contribution < 1.29 is 13.9 Å². The highest BCUT2D eigenvalue weighted by Crippen LogP contribution is 2.34. The molecule has 0 aliphatic carbocycles. The van der Waals surface area contributed by atoms with E-state index < -0.39 is 0 Å². The molecule has 7 rings (SSSR count). The average Bonchev–Trinajstić information content (AvgIpc) is 3.57. The van der Waals surface area contributed by atoms with E-state index in [2.05, 4.69) is 35.7 Å². The Kier molecular flexibility index (Phi) is 7.77. The summed E-state index contributed by atoms with van der Waals surface area (Å²) in [6.07, 6.45) is 6.68. The normalized spacial score (nSPS) is 17.8. The van der Waals surface area contributed by atoms with Crippen LogP contribution in [-0.4, -0.2) is 65.4 Å². The number of benzene rings is 1. The highest BCUT2D eigenvalue weighted by Gasteiger charge is 2.27. The summed E-state index contributed by atoms with van der Waals surface area (Å²) < 4.78 is 28.3. The number of rotatable bonds is 9. The minimum absolute atomic E-state index is 0.0958. The summed E-state index contributed by atoms with van der Waals surface area (Å²) in [5.41, 5.74) is 4.06. The molecule has 2 fully saturated rings. The standard InChI is InChI=1S/C31H32ClFN8O2/c1-19-36-29(39-38-19)22-13-27-30(35-15-22)41(16-24-8-12-42-24)28(37-27)17-40-10-6-20(7-11-40)25-3-2-9-34-31(25)43-18-21-4-5-23(32)14-26(21)33/h2-5,9,13-15,20,24H,6-8,10-12,16-18H2,1H3,(H,36,38,39)/t24-/m0/s1. The lowest BCUT2D eigenvalue weighted by Crippen LogP contribution is -2.35. The van der Waals surface area contributed by atoms with Gasteiger partial charge in [0, 0.05) is 40.7 Å². The van der Waals surface area contributed by atoms with Crippen LogP contribution in [0.3, 0.4) is 0 Å². The van der Waals surface area contributed by atoms with Gasteiger partial charge in [-0.3, -0.25) is 4.90 Å². The molecule has 2 aliphatic heterocycles. The monoisotopic (exact) mass is 602 g/mol. The lowest BCUT2D eigenvalue weighted by atomic mass is 9.90. The van der Waals surface area contributed by atoms with Crippen molar-refractivity contribution in [3.05, 3.63) is 82.4 Å². The summed E-state index contributed by atoms with van der Waals surface area (Å²) in [6.45, 7) is 6.05. The number of piperidine rings is 1. The van der Waals surface area contributed by atoms with E-state index in [0.29, 0.717) is 28.2 Å². The Morgan fingerprint density at radius 2 is 1.98 bits per heavy atom. The molecule has 0 saturated carbocycles. The molecule has 1 atom stereocenters. The SMILES string of the molecule is Cc1nnc(-c2cnc3c(c2)nc(CN2CCC(c4cccnc4OCc4ccc(Cl)cc4F)CC2)n3C[C@@H]2CCO2)[nH]1. The van der Waals surface area contributed by atoms with E-state index >= 15 is 0 Å². The first kappa shape index (κ1) is 27.9. The van der Waals surface area contributed by atoms with E-state index in [4.69, 9.17) is 31.0 Å². The first-order valence-electron chi connectivity index (χ1n) is 14.6. The second-order valence-corrected chi connectivity index (χ2v) is 11.7. The Balaban J connectivity index is 1.05. The number of halogens is 2. The van der Waals surface area contributed by atoms with Gasteiger partial charge in [-0.25, -0.2) is 19.3 Å². The van der Waals surface area contributed by atoms with Gasteiger partial charge in [-0.15, -0.1) is 10.2 Å². The molecular formula is C31H32ClFN8O2. The number of imidazole rings is 1. The van der Waals surface area contributed by atoms with Crippen molar-refractivity contribution in [3.63, 3.8) is 0 Å². The Morgan fingerprint density at radius 3 is 2.72 bits per heavy atom. The van der Waals surface area contributed by atoms with Crippen molar-refractivity contribution in [3.8, 4) is 17.3 Å². The van der Waals surface area contributed by atoms with Crippen LogP contribution < -0.4 is 4.74 Å². The van der Waals surface area contributed by atoms with Crippen LogP contribution in [0.15, 0.2) is 48.8 Å². The predicted molar refractivity (Wildman–Crippen MR) is 159 cm³/mol. The molecule has 10 nitrogen and oxygen atoms in total. The van der Waals surface area contributed by atoms with E-state index in [1.807, 2.05) is 25.3 Å². The maximum absolute atomic E-state index is 14.3. The maximum Gasteiger partial charge on any atom is 0.217 e. The number of hydrogen-bond donors (Lipinski definition) is 1. The summed E-state index contributed by atoms with van der Waals surface area (Å²) in [4.78, 5) is 19.9. The molecule has 2 saturated heterocycles. The summed E-state index contributed by atoms with van der Waals surface area (Å²) in [7, 11) is 0. The van der Waals surface area contributed by atoms with Crippen LogP contribution in [0, 0.1) is 12.7 Å². The number of aromatic amines is 1. The number of hydrogen-bond acceptors (Lipinski definition) is 8. The zero-order valence-electron chi connectivity index (χ0n) is 23.8. The largest absolute Gasteiger partial charge is 0.472 e. The molecular weight excluding hydrogens is 571 g/mol. The Labute approximate surface area is 253 Å². The topological polar surface area (TPSA) is 107 Å².